The molecule has 0 saturated heterocycles. The molecule has 2 heterocycles. The van der Waals surface area contributed by atoms with E-state index in [0.29, 0.717) is 34.3 Å². The number of allylic oxidation sites excluding steroid dienone is 3. The predicted octanol–water partition coefficient (Wildman–Crippen LogP) is 4.48. The summed E-state index contributed by atoms with van der Waals surface area (Å²) in [6, 6.07) is 9.05. The van der Waals surface area contributed by atoms with E-state index >= 15 is 0 Å². The molecule has 6 nitrogen and oxygen atoms in total. The number of halogens is 1. The second kappa shape index (κ2) is 8.68. The van der Waals surface area contributed by atoms with E-state index in [4.69, 9.17) is 0 Å². The van der Waals surface area contributed by atoms with Crippen molar-refractivity contribution in [2.75, 3.05) is 0 Å². The van der Waals surface area contributed by atoms with E-state index in [1.165, 1.54) is 12.1 Å². The van der Waals surface area contributed by atoms with Crippen LogP contribution < -0.4 is 0 Å². The Hall–Kier alpha value is -3.70. The molecule has 0 radical (unpaired) electrons. The molecule has 4 rings (SSSR count). The molecule has 168 valence electrons. The Labute approximate surface area is 190 Å². The fraction of sp³-hybridized carbons (Fsp3) is 0.200. The average molecular weight is 465 g/mol. The quantitative estimate of drug-likeness (QED) is 0.542. The van der Waals surface area contributed by atoms with Crippen LogP contribution >= 0.6 is 0 Å². The number of hydrogen-bond donors (Lipinski definition) is 1. The third kappa shape index (κ3) is 4.20. The van der Waals surface area contributed by atoms with Gasteiger partial charge in [-0.15, -0.1) is 0 Å². The maximum Gasteiger partial charge on any atom is 0.307 e. The molecule has 1 aromatic carbocycles. The third-order valence-corrected chi connectivity index (χ3v) is 7.65. The second-order valence-corrected chi connectivity index (χ2v) is 9.87. The summed E-state index contributed by atoms with van der Waals surface area (Å²) in [6.45, 7) is 1.75. The fourth-order valence-electron chi connectivity index (χ4n) is 4.13. The summed E-state index contributed by atoms with van der Waals surface area (Å²) in [5.41, 5.74) is 2.99. The largest absolute Gasteiger partial charge is 0.481 e. The number of hydrogen-bond acceptors (Lipinski definition) is 4. The molecule has 0 aliphatic heterocycles. The maximum absolute atomic E-state index is 14.8. The normalized spacial score (nSPS) is 13.7. The first-order valence-electron chi connectivity index (χ1n) is 10.4. The molecule has 1 aliphatic carbocycles. The highest BCUT2D eigenvalue weighted by molar-refractivity contribution is 7.95. The lowest BCUT2D eigenvalue weighted by molar-refractivity contribution is -0.136. The van der Waals surface area contributed by atoms with E-state index in [1.807, 2.05) is 0 Å². The SMILES string of the molecule is Cc1c(CC(=O)O)c2ccc(C#N)cn2c1Cc1cc(S(=O)(=O)C2=CCCC=C2)ccc1F. The van der Waals surface area contributed by atoms with Crippen molar-refractivity contribution in [2.24, 2.45) is 0 Å². The summed E-state index contributed by atoms with van der Waals surface area (Å²) in [5.74, 6) is -1.57. The fourth-order valence-corrected chi connectivity index (χ4v) is 5.56. The summed E-state index contributed by atoms with van der Waals surface area (Å²) >= 11 is 0. The second-order valence-electron chi connectivity index (χ2n) is 7.93. The van der Waals surface area contributed by atoms with Crippen molar-refractivity contribution in [1.82, 2.24) is 4.40 Å². The van der Waals surface area contributed by atoms with Gasteiger partial charge >= 0.3 is 5.97 Å². The zero-order valence-corrected chi connectivity index (χ0v) is 18.7. The Morgan fingerprint density at radius 1 is 1.24 bits per heavy atom. The smallest absolute Gasteiger partial charge is 0.307 e. The highest BCUT2D eigenvalue weighted by Crippen LogP contribution is 2.30. The number of aliphatic carboxylic acids is 1. The van der Waals surface area contributed by atoms with Gasteiger partial charge in [0.25, 0.3) is 0 Å². The summed E-state index contributed by atoms with van der Waals surface area (Å²) < 4.78 is 42.6. The van der Waals surface area contributed by atoms with Gasteiger partial charge in [-0.25, -0.2) is 12.8 Å². The van der Waals surface area contributed by atoms with Crippen LogP contribution in [0.4, 0.5) is 4.39 Å². The standard InChI is InChI=1S/C25H21FN2O4S/c1-16-21(13-25(29)30)23-10-7-17(14-27)15-28(23)24(16)12-18-11-20(8-9-22(18)26)33(31,32)19-5-3-2-4-6-19/h3,5-11,15H,2,4,12-13H2,1H3,(H,29,30). The highest BCUT2D eigenvalue weighted by Gasteiger charge is 2.23. The maximum atomic E-state index is 14.8. The molecule has 0 atom stereocenters. The number of rotatable bonds is 6. The zero-order chi connectivity index (χ0) is 23.8. The number of sulfone groups is 1. The van der Waals surface area contributed by atoms with E-state index in [0.717, 1.165) is 12.5 Å². The first kappa shape index (κ1) is 22.5. The summed E-state index contributed by atoms with van der Waals surface area (Å²) in [6.07, 6.45) is 7.81. The molecular weight excluding hydrogens is 443 g/mol. The molecule has 1 N–H and O–H groups in total. The first-order valence-corrected chi connectivity index (χ1v) is 11.8. The van der Waals surface area contributed by atoms with Gasteiger partial charge in [0.1, 0.15) is 11.9 Å². The molecule has 0 bridgehead atoms. The van der Waals surface area contributed by atoms with Gasteiger partial charge in [-0.3, -0.25) is 4.79 Å². The minimum atomic E-state index is -3.79. The van der Waals surface area contributed by atoms with E-state index in [9.17, 15) is 28.0 Å². The molecular formula is C25H21FN2O4S. The number of benzene rings is 1. The van der Waals surface area contributed by atoms with Gasteiger partial charge in [0.2, 0.25) is 9.84 Å². The van der Waals surface area contributed by atoms with Gasteiger partial charge in [0.05, 0.1) is 21.8 Å². The van der Waals surface area contributed by atoms with E-state index < -0.39 is 21.6 Å². The van der Waals surface area contributed by atoms with Crippen molar-refractivity contribution in [3.63, 3.8) is 0 Å². The van der Waals surface area contributed by atoms with Crippen molar-refractivity contribution >= 4 is 21.3 Å². The number of pyridine rings is 1. The number of aromatic nitrogens is 1. The monoisotopic (exact) mass is 464 g/mol. The Bertz CT molecular complexity index is 1490. The number of carboxylic acids is 1. The van der Waals surface area contributed by atoms with Crippen LogP contribution in [-0.2, 0) is 27.5 Å². The molecule has 0 fully saturated rings. The van der Waals surface area contributed by atoms with Gasteiger partial charge in [-0.05, 0) is 72.9 Å². The van der Waals surface area contributed by atoms with Crippen LogP contribution in [0.3, 0.4) is 0 Å². The molecule has 1 aliphatic rings. The lowest BCUT2D eigenvalue weighted by Gasteiger charge is -2.12. The van der Waals surface area contributed by atoms with Crippen LogP contribution in [0.25, 0.3) is 5.52 Å². The lowest BCUT2D eigenvalue weighted by Crippen LogP contribution is -2.07. The van der Waals surface area contributed by atoms with Gasteiger partial charge in [-0.1, -0.05) is 12.2 Å². The van der Waals surface area contributed by atoms with Crippen LogP contribution in [0, 0.1) is 24.1 Å². The molecule has 0 spiro atoms. The molecule has 8 heteroatoms. The Kier molecular flexibility index (Phi) is 5.91. The molecule has 2 aromatic heterocycles. The Balaban J connectivity index is 1.83. The van der Waals surface area contributed by atoms with Crippen LogP contribution in [0.2, 0.25) is 0 Å². The van der Waals surface area contributed by atoms with Crippen LogP contribution in [0.1, 0.15) is 40.8 Å². The van der Waals surface area contributed by atoms with E-state index in [2.05, 4.69) is 6.07 Å². The topological polar surface area (TPSA) is 99.6 Å². The summed E-state index contributed by atoms with van der Waals surface area (Å²) in [5, 5.41) is 18.6. The van der Waals surface area contributed by atoms with Gasteiger partial charge in [-0.2, -0.15) is 5.26 Å². The first-order chi connectivity index (χ1) is 15.7. The zero-order valence-electron chi connectivity index (χ0n) is 17.9. The van der Waals surface area contributed by atoms with Crippen molar-refractivity contribution < 1.29 is 22.7 Å². The van der Waals surface area contributed by atoms with Gasteiger partial charge < -0.3 is 9.51 Å². The number of carbonyl (C=O) groups is 1. The third-order valence-electron chi connectivity index (χ3n) is 5.85. The molecule has 33 heavy (non-hydrogen) atoms. The van der Waals surface area contributed by atoms with E-state index in [1.54, 1.807) is 47.9 Å². The van der Waals surface area contributed by atoms with Crippen LogP contribution in [-0.4, -0.2) is 23.9 Å². The van der Waals surface area contributed by atoms with Crippen LogP contribution in [0.5, 0.6) is 0 Å². The number of nitriles is 1. The summed E-state index contributed by atoms with van der Waals surface area (Å²) in [7, 11) is -3.79. The number of fused-ring (bicyclic) bond motifs is 1. The minimum Gasteiger partial charge on any atom is -0.481 e. The molecule has 0 amide bonds. The highest BCUT2D eigenvalue weighted by atomic mass is 32.2. The molecule has 0 saturated carbocycles. The lowest BCUT2D eigenvalue weighted by atomic mass is 10.0. The number of nitrogens with zero attached hydrogens (tertiary/aromatic N) is 2. The van der Waals surface area contributed by atoms with Crippen molar-refractivity contribution in [3.05, 3.63) is 93.4 Å². The van der Waals surface area contributed by atoms with Crippen molar-refractivity contribution in [1.29, 1.82) is 5.26 Å². The van der Waals surface area contributed by atoms with Crippen molar-refractivity contribution in [2.45, 2.75) is 37.5 Å². The van der Waals surface area contributed by atoms with Gasteiger partial charge in [0, 0.05) is 23.8 Å². The van der Waals surface area contributed by atoms with Crippen LogP contribution in [0.15, 0.2) is 64.6 Å². The Morgan fingerprint density at radius 3 is 2.70 bits per heavy atom. The average Bonchev–Trinajstić information content (AvgIpc) is 3.05. The van der Waals surface area contributed by atoms with E-state index in [-0.39, 0.29) is 28.2 Å². The summed E-state index contributed by atoms with van der Waals surface area (Å²) in [4.78, 5) is 11.6. The minimum absolute atomic E-state index is 0.00121. The molecule has 3 aromatic rings. The predicted molar refractivity (Wildman–Crippen MR) is 121 cm³/mol. The van der Waals surface area contributed by atoms with Gasteiger partial charge in [0.15, 0.2) is 0 Å². The molecule has 0 unspecified atom stereocenters. The number of carboxylic acid groups (broad SMARTS) is 1. The van der Waals surface area contributed by atoms with Crippen molar-refractivity contribution in [3.8, 4) is 6.07 Å². The Morgan fingerprint density at radius 2 is 2.03 bits per heavy atom.